The van der Waals surface area contributed by atoms with Crippen LogP contribution in [0.15, 0.2) is 12.2 Å². The zero-order valence-electron chi connectivity index (χ0n) is 5.39. The number of unbranched alkanes of at least 4 members (excludes halogenated alkanes) is 1. The Morgan fingerprint density at radius 1 is 1.38 bits per heavy atom. The molecule has 0 fully saturated rings. The summed E-state index contributed by atoms with van der Waals surface area (Å²) in [6.07, 6.45) is 7.66. The molecule has 0 saturated carbocycles. The summed E-state index contributed by atoms with van der Waals surface area (Å²) in [5.74, 6) is 0. The molecular weight excluding hydrogens is 268 g/mol. The van der Waals surface area contributed by atoms with Crippen LogP contribution in [-0.4, -0.2) is 0 Å². The predicted octanol–water partition coefficient (Wildman–Crippen LogP) is 2.56. The van der Waals surface area contributed by atoms with E-state index < -0.39 is 0 Å². The molecule has 0 rings (SSSR count). The summed E-state index contributed by atoms with van der Waals surface area (Å²) in [5.41, 5.74) is 0. The van der Waals surface area contributed by atoms with Gasteiger partial charge in [-0.2, -0.15) is 6.42 Å². The third kappa shape index (κ3) is 9.66. The maximum atomic E-state index is 3.67. The molecule has 0 aliphatic carbocycles. The Bertz CT molecular complexity index is 48.3. The Morgan fingerprint density at radius 2 is 2.00 bits per heavy atom. The minimum absolute atomic E-state index is 0. The average molecular weight is 281 g/mol. The van der Waals surface area contributed by atoms with Gasteiger partial charge in [0.2, 0.25) is 0 Å². The summed E-state index contributed by atoms with van der Waals surface area (Å²) in [4.78, 5) is 0. The summed E-state index contributed by atoms with van der Waals surface area (Å²) in [5, 5.41) is 0. The second kappa shape index (κ2) is 10.4. The molecule has 8 heavy (non-hydrogen) atoms. The molecule has 0 saturated heterocycles. The van der Waals surface area contributed by atoms with Crippen LogP contribution in [0.25, 0.3) is 0 Å². The zero-order valence-corrected chi connectivity index (χ0v) is 8.32. The quantitative estimate of drug-likeness (QED) is 0.551. The molecule has 0 unspecified atom stereocenters. The van der Waals surface area contributed by atoms with Crippen molar-refractivity contribution < 1.29 is 21.1 Å². The van der Waals surface area contributed by atoms with Gasteiger partial charge in [-0.25, -0.2) is 0 Å². The van der Waals surface area contributed by atoms with Crippen molar-refractivity contribution in [3.63, 3.8) is 0 Å². The molecule has 0 aromatic heterocycles. The Hall–Kier alpha value is 0.428. The van der Waals surface area contributed by atoms with Crippen LogP contribution in [0.3, 0.4) is 0 Å². The van der Waals surface area contributed by atoms with Crippen molar-refractivity contribution in [3.05, 3.63) is 19.1 Å². The topological polar surface area (TPSA) is 0 Å². The van der Waals surface area contributed by atoms with Crippen LogP contribution in [-0.2, 0) is 21.1 Å². The van der Waals surface area contributed by atoms with E-state index in [1.54, 1.807) is 0 Å². The van der Waals surface area contributed by atoms with Gasteiger partial charge in [-0.15, -0.1) is 6.08 Å². The maximum absolute atomic E-state index is 3.67. The Balaban J connectivity index is 0. The largest absolute Gasteiger partial charge is 0.340 e. The van der Waals surface area contributed by atoms with E-state index in [-0.39, 0.29) is 21.1 Å². The summed E-state index contributed by atoms with van der Waals surface area (Å²) >= 11 is 0. The number of hydrogen-bond acceptors (Lipinski definition) is 0. The van der Waals surface area contributed by atoms with E-state index in [1.807, 2.05) is 0 Å². The third-order valence-corrected chi connectivity index (χ3v) is 0.789. The van der Waals surface area contributed by atoms with Crippen molar-refractivity contribution in [1.29, 1.82) is 0 Å². The van der Waals surface area contributed by atoms with E-state index in [2.05, 4.69) is 26.0 Å². The fourth-order valence-electron chi connectivity index (χ4n) is 0.402. The molecule has 0 radical (unpaired) electrons. The predicted molar refractivity (Wildman–Crippen MR) is 34.0 cm³/mol. The molecule has 48 valence electrons. The van der Waals surface area contributed by atoms with Gasteiger partial charge in [0.1, 0.15) is 0 Å². The Morgan fingerprint density at radius 3 is 2.38 bits per heavy atom. The zero-order chi connectivity index (χ0) is 5.54. The van der Waals surface area contributed by atoms with Gasteiger partial charge in [-0.3, -0.25) is 0 Å². The van der Waals surface area contributed by atoms with E-state index in [0.717, 1.165) is 6.42 Å². The molecule has 0 amide bonds. The van der Waals surface area contributed by atoms with Gasteiger partial charge < -0.3 is 6.92 Å². The summed E-state index contributed by atoms with van der Waals surface area (Å²) < 4.78 is 0. The molecule has 0 nitrogen and oxygen atoms in total. The van der Waals surface area contributed by atoms with Crippen molar-refractivity contribution in [2.24, 2.45) is 0 Å². The van der Waals surface area contributed by atoms with E-state index in [0.29, 0.717) is 0 Å². The first kappa shape index (κ1) is 11.3. The molecule has 0 spiro atoms. The second-order valence-corrected chi connectivity index (χ2v) is 1.55. The molecule has 0 aromatic carbocycles. The van der Waals surface area contributed by atoms with Gasteiger partial charge in [0.15, 0.2) is 0 Å². The van der Waals surface area contributed by atoms with Crippen molar-refractivity contribution in [2.45, 2.75) is 26.2 Å². The van der Waals surface area contributed by atoms with Gasteiger partial charge in [0.25, 0.3) is 0 Å². The molecule has 0 aliphatic heterocycles. The van der Waals surface area contributed by atoms with E-state index in [1.165, 1.54) is 12.8 Å². The molecule has 0 heterocycles. The maximum Gasteiger partial charge on any atom is 0 e. The number of allylic oxidation sites excluding steroid dienone is 2. The summed E-state index contributed by atoms with van der Waals surface area (Å²) in [6, 6.07) is 0. The number of rotatable bonds is 3. The van der Waals surface area contributed by atoms with Gasteiger partial charge in [0.05, 0.1) is 0 Å². The van der Waals surface area contributed by atoms with Crippen molar-refractivity contribution in [1.82, 2.24) is 0 Å². The van der Waals surface area contributed by atoms with Gasteiger partial charge in [0, 0.05) is 21.1 Å². The van der Waals surface area contributed by atoms with Crippen molar-refractivity contribution in [2.75, 3.05) is 0 Å². The van der Waals surface area contributed by atoms with Crippen LogP contribution >= 0.6 is 0 Å². The molecule has 0 bridgehead atoms. The van der Waals surface area contributed by atoms with Crippen molar-refractivity contribution in [3.8, 4) is 0 Å². The molecule has 0 aromatic rings. The minimum atomic E-state index is 0. The van der Waals surface area contributed by atoms with E-state index >= 15 is 0 Å². The summed E-state index contributed by atoms with van der Waals surface area (Å²) in [7, 11) is 0. The van der Waals surface area contributed by atoms with Gasteiger partial charge in [-0.1, -0.05) is 19.4 Å². The Labute approximate surface area is 66.6 Å². The van der Waals surface area contributed by atoms with Gasteiger partial charge >= 0.3 is 0 Å². The molecule has 1 heteroatoms. The second-order valence-electron chi connectivity index (χ2n) is 1.55. The molecule has 0 aliphatic rings. The van der Waals surface area contributed by atoms with Crippen LogP contribution in [0.4, 0.5) is 0 Å². The Kier molecular flexibility index (Phi) is 14.7. The molecular formula is C7H13W-. The minimum Gasteiger partial charge on any atom is -0.340 e. The first-order chi connectivity index (χ1) is 3.41. The third-order valence-electron chi connectivity index (χ3n) is 0.789. The average Bonchev–Trinajstić information content (AvgIpc) is 1.69. The monoisotopic (exact) mass is 281 g/mol. The van der Waals surface area contributed by atoms with Gasteiger partial charge in [-0.05, 0) is 6.42 Å². The van der Waals surface area contributed by atoms with Crippen LogP contribution in [0.5, 0.6) is 0 Å². The summed E-state index contributed by atoms with van der Waals surface area (Å²) in [6.45, 7) is 5.84. The van der Waals surface area contributed by atoms with E-state index in [4.69, 9.17) is 0 Å². The SMILES string of the molecule is [CH2-]C/C=C/CCC.[W]. The van der Waals surface area contributed by atoms with Crippen LogP contribution in [0, 0.1) is 6.92 Å². The van der Waals surface area contributed by atoms with Crippen LogP contribution < -0.4 is 0 Å². The number of hydrogen-bond donors (Lipinski definition) is 0. The van der Waals surface area contributed by atoms with E-state index in [9.17, 15) is 0 Å². The fourth-order valence-corrected chi connectivity index (χ4v) is 0.402. The molecule has 0 N–H and O–H groups in total. The van der Waals surface area contributed by atoms with Crippen LogP contribution in [0.1, 0.15) is 26.2 Å². The first-order valence-corrected chi connectivity index (χ1v) is 2.86. The fraction of sp³-hybridized carbons (Fsp3) is 0.571. The normalized spacial score (nSPS) is 9.25. The smallest absolute Gasteiger partial charge is 0 e. The van der Waals surface area contributed by atoms with Crippen LogP contribution in [0.2, 0.25) is 0 Å². The first-order valence-electron chi connectivity index (χ1n) is 2.86. The molecule has 0 atom stereocenters. The standard InChI is InChI=1S/C7H13.W/c1-3-5-7-6-4-2;/h5,7H,1,3-4,6H2,2H3;/q-1;/b7-5+;. The van der Waals surface area contributed by atoms with Crippen molar-refractivity contribution >= 4 is 0 Å².